The number of nitrogens with zero attached hydrogens (tertiary/aromatic N) is 3. The summed E-state index contributed by atoms with van der Waals surface area (Å²) in [6.45, 7) is 7.12. The number of hydrogen-bond acceptors (Lipinski definition) is 4. The van der Waals surface area contributed by atoms with E-state index >= 15 is 0 Å². The highest BCUT2D eigenvalue weighted by molar-refractivity contribution is 5.25. The van der Waals surface area contributed by atoms with Crippen molar-refractivity contribution in [1.82, 2.24) is 14.5 Å². The minimum absolute atomic E-state index is 0.293. The van der Waals surface area contributed by atoms with Crippen LogP contribution in [0.1, 0.15) is 19.8 Å². The van der Waals surface area contributed by atoms with E-state index in [0.29, 0.717) is 12.1 Å². The molecule has 100 valence electrons. The number of nitrogens with one attached hydrogen (secondary N) is 1. The quantitative estimate of drug-likeness (QED) is 0.871. The molecule has 0 bridgehead atoms. The maximum atomic E-state index is 5.92. The Hall–Kier alpha value is -1.07. The summed E-state index contributed by atoms with van der Waals surface area (Å²) < 4.78 is 8.04. The van der Waals surface area contributed by atoms with Gasteiger partial charge in [0.1, 0.15) is 0 Å². The van der Waals surface area contributed by atoms with E-state index in [0.717, 1.165) is 32.2 Å². The highest BCUT2D eigenvalue weighted by Crippen LogP contribution is 2.22. The van der Waals surface area contributed by atoms with E-state index in [4.69, 9.17) is 4.74 Å². The lowest BCUT2D eigenvalue weighted by molar-refractivity contribution is -0.0416. The third kappa shape index (κ3) is 2.37. The molecule has 0 amide bonds. The van der Waals surface area contributed by atoms with Crippen LogP contribution in [0, 0.1) is 0 Å². The van der Waals surface area contributed by atoms with Gasteiger partial charge >= 0.3 is 0 Å². The number of imidazole rings is 1. The monoisotopic (exact) mass is 250 g/mol. The van der Waals surface area contributed by atoms with Crippen molar-refractivity contribution < 1.29 is 4.74 Å². The molecular weight excluding hydrogens is 228 g/mol. The van der Waals surface area contributed by atoms with Crippen LogP contribution in [0.2, 0.25) is 0 Å². The summed E-state index contributed by atoms with van der Waals surface area (Å²) in [5, 5.41) is 3.39. The molecule has 2 saturated heterocycles. The largest absolute Gasteiger partial charge is 0.373 e. The average molecular weight is 250 g/mol. The minimum Gasteiger partial charge on any atom is -0.373 e. The summed E-state index contributed by atoms with van der Waals surface area (Å²) in [4.78, 5) is 6.89. The highest BCUT2D eigenvalue weighted by atomic mass is 16.5. The second kappa shape index (κ2) is 5.28. The van der Waals surface area contributed by atoms with E-state index in [9.17, 15) is 0 Å². The lowest BCUT2D eigenvalue weighted by Crippen LogP contribution is -2.48. The summed E-state index contributed by atoms with van der Waals surface area (Å²) in [6.07, 6.45) is 6.76. The standard InChI is InChI=1S/C13H22N4O/c1-2-16-7-5-14-13(16)15-8-12-9-17-6-3-4-11(17)10-18-12/h5,7,11-12H,2-4,6,8-10H2,1H3,(H,14,15). The number of anilines is 1. The molecule has 0 aliphatic carbocycles. The smallest absolute Gasteiger partial charge is 0.202 e. The Morgan fingerprint density at radius 3 is 3.39 bits per heavy atom. The van der Waals surface area contributed by atoms with Crippen LogP contribution >= 0.6 is 0 Å². The SMILES string of the molecule is CCn1ccnc1NCC1CN2CCCC2CO1. The van der Waals surface area contributed by atoms with Crippen LogP contribution in [-0.4, -0.2) is 52.8 Å². The molecule has 3 heterocycles. The molecule has 1 N–H and O–H groups in total. The van der Waals surface area contributed by atoms with E-state index in [1.54, 1.807) is 0 Å². The van der Waals surface area contributed by atoms with Crippen LogP contribution in [0.4, 0.5) is 5.95 Å². The maximum Gasteiger partial charge on any atom is 0.202 e. The van der Waals surface area contributed by atoms with Crippen molar-refractivity contribution in [2.75, 3.05) is 31.6 Å². The summed E-state index contributed by atoms with van der Waals surface area (Å²) in [6, 6.07) is 0.680. The second-order valence-corrected chi connectivity index (χ2v) is 5.16. The van der Waals surface area contributed by atoms with E-state index in [1.165, 1.54) is 19.4 Å². The zero-order chi connectivity index (χ0) is 12.4. The Labute approximate surface area is 108 Å². The van der Waals surface area contributed by atoms with Gasteiger partial charge in [-0.15, -0.1) is 0 Å². The first-order chi connectivity index (χ1) is 8.86. The Balaban J connectivity index is 1.51. The van der Waals surface area contributed by atoms with Crippen molar-refractivity contribution in [2.45, 2.75) is 38.5 Å². The van der Waals surface area contributed by atoms with Gasteiger partial charge in [-0.05, 0) is 26.3 Å². The van der Waals surface area contributed by atoms with E-state index < -0.39 is 0 Å². The van der Waals surface area contributed by atoms with Crippen molar-refractivity contribution in [2.24, 2.45) is 0 Å². The molecule has 0 spiro atoms. The molecule has 3 rings (SSSR count). The topological polar surface area (TPSA) is 42.3 Å². The number of aryl methyl sites for hydroxylation is 1. The number of aromatic nitrogens is 2. The zero-order valence-electron chi connectivity index (χ0n) is 11.0. The van der Waals surface area contributed by atoms with Gasteiger partial charge < -0.3 is 14.6 Å². The summed E-state index contributed by atoms with van der Waals surface area (Å²) in [5.74, 6) is 0.949. The number of rotatable bonds is 4. The van der Waals surface area contributed by atoms with Gasteiger partial charge in [0.15, 0.2) is 0 Å². The van der Waals surface area contributed by atoms with E-state index in [-0.39, 0.29) is 0 Å². The van der Waals surface area contributed by atoms with Crippen molar-refractivity contribution in [1.29, 1.82) is 0 Å². The molecule has 2 aliphatic heterocycles. The molecule has 0 saturated carbocycles. The fourth-order valence-electron chi connectivity index (χ4n) is 2.95. The van der Waals surface area contributed by atoms with Crippen molar-refractivity contribution in [3.8, 4) is 0 Å². The Kier molecular flexibility index (Phi) is 3.52. The van der Waals surface area contributed by atoms with E-state index in [1.807, 2.05) is 12.4 Å². The van der Waals surface area contributed by atoms with E-state index in [2.05, 4.69) is 26.7 Å². The second-order valence-electron chi connectivity index (χ2n) is 5.16. The van der Waals surface area contributed by atoms with Crippen molar-refractivity contribution in [3.05, 3.63) is 12.4 Å². The summed E-state index contributed by atoms with van der Waals surface area (Å²) in [7, 11) is 0. The Morgan fingerprint density at radius 1 is 1.56 bits per heavy atom. The fraction of sp³-hybridized carbons (Fsp3) is 0.769. The first kappa shape index (κ1) is 12.0. The van der Waals surface area contributed by atoms with Gasteiger partial charge in [-0.3, -0.25) is 4.90 Å². The third-order valence-corrected chi connectivity index (χ3v) is 4.01. The lowest BCUT2D eigenvalue weighted by Gasteiger charge is -2.35. The summed E-state index contributed by atoms with van der Waals surface area (Å²) in [5.41, 5.74) is 0. The number of morpholine rings is 1. The average Bonchev–Trinajstić information content (AvgIpc) is 3.04. The number of ether oxygens (including phenoxy) is 1. The summed E-state index contributed by atoms with van der Waals surface area (Å²) >= 11 is 0. The molecule has 1 aromatic rings. The van der Waals surface area contributed by atoms with Gasteiger partial charge in [0.05, 0.1) is 12.7 Å². The third-order valence-electron chi connectivity index (χ3n) is 4.01. The minimum atomic E-state index is 0.293. The first-order valence-electron chi connectivity index (χ1n) is 6.97. The van der Waals surface area contributed by atoms with Crippen LogP contribution in [0.25, 0.3) is 0 Å². The van der Waals surface area contributed by atoms with Crippen molar-refractivity contribution >= 4 is 5.95 Å². The molecule has 5 nitrogen and oxygen atoms in total. The Morgan fingerprint density at radius 2 is 2.50 bits per heavy atom. The molecular formula is C13H22N4O. The van der Waals surface area contributed by atoms with Gasteiger partial charge in [-0.25, -0.2) is 4.98 Å². The Bertz CT molecular complexity index is 392. The van der Waals surface area contributed by atoms with Crippen LogP contribution in [0.15, 0.2) is 12.4 Å². The maximum absolute atomic E-state index is 5.92. The normalized spacial score (nSPS) is 28.3. The molecule has 2 fully saturated rings. The predicted molar refractivity (Wildman–Crippen MR) is 70.7 cm³/mol. The molecule has 0 aromatic carbocycles. The molecule has 18 heavy (non-hydrogen) atoms. The van der Waals surface area contributed by atoms with Crippen LogP contribution in [0.3, 0.4) is 0 Å². The number of fused-ring (bicyclic) bond motifs is 1. The molecule has 0 radical (unpaired) electrons. The highest BCUT2D eigenvalue weighted by Gasteiger charge is 2.32. The van der Waals surface area contributed by atoms with Crippen LogP contribution in [0.5, 0.6) is 0 Å². The molecule has 2 aliphatic rings. The zero-order valence-corrected chi connectivity index (χ0v) is 11.0. The molecule has 5 heteroatoms. The fourth-order valence-corrected chi connectivity index (χ4v) is 2.95. The number of hydrogen-bond donors (Lipinski definition) is 1. The molecule has 1 aromatic heterocycles. The van der Waals surface area contributed by atoms with Gasteiger partial charge in [-0.1, -0.05) is 0 Å². The molecule has 2 atom stereocenters. The van der Waals surface area contributed by atoms with Crippen molar-refractivity contribution in [3.63, 3.8) is 0 Å². The van der Waals surface area contributed by atoms with Crippen LogP contribution < -0.4 is 5.32 Å². The van der Waals surface area contributed by atoms with Gasteiger partial charge in [-0.2, -0.15) is 0 Å². The lowest BCUT2D eigenvalue weighted by atomic mass is 10.2. The van der Waals surface area contributed by atoms with Crippen LogP contribution in [-0.2, 0) is 11.3 Å². The van der Waals surface area contributed by atoms with Gasteiger partial charge in [0, 0.05) is 38.1 Å². The molecule has 2 unspecified atom stereocenters. The van der Waals surface area contributed by atoms with Gasteiger partial charge in [0.2, 0.25) is 5.95 Å². The first-order valence-corrected chi connectivity index (χ1v) is 6.97. The predicted octanol–water partition coefficient (Wildman–Crippen LogP) is 1.18. The van der Waals surface area contributed by atoms with Gasteiger partial charge in [0.25, 0.3) is 0 Å².